The van der Waals surface area contributed by atoms with Crippen molar-refractivity contribution in [1.29, 1.82) is 0 Å². The van der Waals surface area contributed by atoms with Gasteiger partial charge in [0.2, 0.25) is 0 Å². The number of benzene rings is 2. The fourth-order valence-electron chi connectivity index (χ4n) is 2.85. The Morgan fingerprint density at radius 1 is 1.19 bits per heavy atom. The molecule has 0 saturated heterocycles. The van der Waals surface area contributed by atoms with E-state index in [1.807, 2.05) is 38.1 Å². The molecule has 27 heavy (non-hydrogen) atoms. The number of anilines is 1. The molecule has 0 radical (unpaired) electrons. The van der Waals surface area contributed by atoms with Gasteiger partial charge in [0.05, 0.1) is 28.0 Å². The van der Waals surface area contributed by atoms with Gasteiger partial charge in [0.25, 0.3) is 5.91 Å². The number of hydrogen-bond donors (Lipinski definition) is 1. The van der Waals surface area contributed by atoms with Gasteiger partial charge in [0.1, 0.15) is 12.9 Å². The summed E-state index contributed by atoms with van der Waals surface area (Å²) in [6.45, 7) is 3.74. The lowest BCUT2D eigenvalue weighted by Gasteiger charge is -2.09. The molecule has 0 aliphatic carbocycles. The minimum atomic E-state index is -0.282. The number of halogens is 1. The first-order valence-electron chi connectivity index (χ1n) is 8.67. The van der Waals surface area contributed by atoms with E-state index in [1.165, 1.54) is 0 Å². The van der Waals surface area contributed by atoms with Gasteiger partial charge in [-0.15, -0.1) is 0 Å². The number of rotatable bonds is 6. The lowest BCUT2D eigenvalue weighted by molar-refractivity contribution is -0.121. The van der Waals surface area contributed by atoms with Crippen LogP contribution in [0.1, 0.15) is 29.8 Å². The van der Waals surface area contributed by atoms with Crippen molar-refractivity contribution in [2.24, 2.45) is 5.92 Å². The van der Waals surface area contributed by atoms with Crippen LogP contribution in [0.15, 0.2) is 48.7 Å². The van der Waals surface area contributed by atoms with E-state index in [9.17, 15) is 9.59 Å². The molecule has 5 nitrogen and oxygen atoms in total. The monoisotopic (exact) mass is 384 g/mol. The van der Waals surface area contributed by atoms with Crippen LogP contribution >= 0.6 is 11.6 Å². The van der Waals surface area contributed by atoms with Crippen LogP contribution in [0.4, 0.5) is 5.69 Å². The molecule has 0 saturated carbocycles. The number of carbonyl (C=O) groups is 2. The molecule has 140 valence electrons. The van der Waals surface area contributed by atoms with E-state index in [1.54, 1.807) is 36.2 Å². The van der Waals surface area contributed by atoms with Crippen molar-refractivity contribution in [3.05, 3.63) is 64.8 Å². The zero-order chi connectivity index (χ0) is 19.6. The number of hydrogen-bond acceptors (Lipinski definition) is 3. The standard InChI is InChI=1S/C21H21ClN2O3/c1-13(2)20(25)11-14-8-9-18(17(22)10-14)23-21(26)16-12-24(27-3)19-7-5-4-6-15(16)19/h4-10,12-13H,11H2,1-3H3,(H,23,26). The Morgan fingerprint density at radius 3 is 2.59 bits per heavy atom. The Bertz CT molecular complexity index is 1010. The molecule has 0 atom stereocenters. The zero-order valence-corrected chi connectivity index (χ0v) is 16.2. The van der Waals surface area contributed by atoms with Crippen molar-refractivity contribution in [3.8, 4) is 0 Å². The summed E-state index contributed by atoms with van der Waals surface area (Å²) in [6.07, 6.45) is 1.97. The van der Waals surface area contributed by atoms with E-state index in [0.29, 0.717) is 22.7 Å². The van der Waals surface area contributed by atoms with Crippen molar-refractivity contribution in [3.63, 3.8) is 0 Å². The molecule has 1 N–H and O–H groups in total. The SMILES string of the molecule is COn1cc(C(=O)Nc2ccc(CC(=O)C(C)C)cc2Cl)c2ccccc21. The number of amides is 1. The summed E-state index contributed by atoms with van der Waals surface area (Å²) in [5.74, 6) is -0.161. The Hall–Kier alpha value is -2.79. The number of fused-ring (bicyclic) bond motifs is 1. The summed E-state index contributed by atoms with van der Waals surface area (Å²) in [6, 6.07) is 12.7. The van der Waals surface area contributed by atoms with Crippen molar-refractivity contribution >= 4 is 39.9 Å². The van der Waals surface area contributed by atoms with Gasteiger partial charge in [0, 0.05) is 17.7 Å². The van der Waals surface area contributed by atoms with E-state index in [4.69, 9.17) is 16.4 Å². The van der Waals surface area contributed by atoms with Gasteiger partial charge in [-0.3, -0.25) is 9.59 Å². The first-order valence-corrected chi connectivity index (χ1v) is 9.05. The summed E-state index contributed by atoms with van der Waals surface area (Å²) in [7, 11) is 1.54. The highest BCUT2D eigenvalue weighted by molar-refractivity contribution is 6.34. The average Bonchev–Trinajstić information content (AvgIpc) is 3.02. The van der Waals surface area contributed by atoms with Crippen molar-refractivity contribution in [2.45, 2.75) is 20.3 Å². The fourth-order valence-corrected chi connectivity index (χ4v) is 3.10. The summed E-state index contributed by atoms with van der Waals surface area (Å²) >= 11 is 6.32. The highest BCUT2D eigenvalue weighted by Crippen LogP contribution is 2.26. The smallest absolute Gasteiger partial charge is 0.258 e. The molecule has 1 aromatic heterocycles. The lowest BCUT2D eigenvalue weighted by Crippen LogP contribution is -2.13. The third-order valence-electron chi connectivity index (χ3n) is 4.42. The maximum Gasteiger partial charge on any atom is 0.258 e. The van der Waals surface area contributed by atoms with Crippen LogP contribution in [0.25, 0.3) is 10.9 Å². The minimum Gasteiger partial charge on any atom is -0.417 e. The molecule has 0 unspecified atom stereocenters. The number of nitrogens with zero attached hydrogens (tertiary/aromatic N) is 1. The normalized spacial score (nSPS) is 11.0. The van der Waals surface area contributed by atoms with E-state index in [2.05, 4.69) is 5.32 Å². The lowest BCUT2D eigenvalue weighted by atomic mass is 10.0. The van der Waals surface area contributed by atoms with Gasteiger partial charge < -0.3 is 10.2 Å². The predicted octanol–water partition coefficient (Wildman–Crippen LogP) is 4.37. The number of nitrogens with one attached hydrogen (secondary N) is 1. The van der Waals surface area contributed by atoms with Gasteiger partial charge in [-0.25, -0.2) is 0 Å². The number of Topliss-reactive ketones (excluding diaryl/α,β-unsaturated/α-hetero) is 1. The zero-order valence-electron chi connectivity index (χ0n) is 15.5. The molecular weight excluding hydrogens is 364 g/mol. The summed E-state index contributed by atoms with van der Waals surface area (Å²) in [5.41, 5.74) is 2.62. The van der Waals surface area contributed by atoms with Gasteiger partial charge in [-0.2, -0.15) is 4.73 Å². The van der Waals surface area contributed by atoms with Crippen LogP contribution in [0.2, 0.25) is 5.02 Å². The topological polar surface area (TPSA) is 60.3 Å². The quantitative estimate of drug-likeness (QED) is 0.686. The van der Waals surface area contributed by atoms with Gasteiger partial charge in [-0.1, -0.05) is 49.7 Å². The highest BCUT2D eigenvalue weighted by Gasteiger charge is 2.17. The van der Waals surface area contributed by atoms with E-state index >= 15 is 0 Å². The van der Waals surface area contributed by atoms with Crippen LogP contribution in [0.5, 0.6) is 0 Å². The summed E-state index contributed by atoms with van der Waals surface area (Å²) in [5, 5.41) is 4.02. The van der Waals surface area contributed by atoms with Crippen LogP contribution in [0.3, 0.4) is 0 Å². The first-order chi connectivity index (χ1) is 12.9. The molecule has 0 bridgehead atoms. The van der Waals surface area contributed by atoms with Crippen molar-refractivity contribution in [2.75, 3.05) is 12.4 Å². The molecule has 3 aromatic rings. The Morgan fingerprint density at radius 2 is 1.93 bits per heavy atom. The Labute approximate surface area is 162 Å². The number of para-hydroxylation sites is 1. The van der Waals surface area contributed by atoms with Crippen molar-refractivity contribution in [1.82, 2.24) is 4.73 Å². The Kier molecular flexibility index (Phi) is 5.51. The van der Waals surface area contributed by atoms with Crippen molar-refractivity contribution < 1.29 is 14.4 Å². The predicted molar refractivity (Wildman–Crippen MR) is 107 cm³/mol. The molecule has 0 spiro atoms. The third kappa shape index (κ3) is 3.98. The number of ketones is 1. The second-order valence-corrected chi connectivity index (χ2v) is 7.04. The maximum atomic E-state index is 12.8. The summed E-state index contributed by atoms with van der Waals surface area (Å²) in [4.78, 5) is 30.0. The molecule has 0 aliphatic rings. The molecule has 6 heteroatoms. The largest absolute Gasteiger partial charge is 0.417 e. The molecule has 1 amide bonds. The van der Waals surface area contributed by atoms with Gasteiger partial charge >= 0.3 is 0 Å². The second kappa shape index (κ2) is 7.84. The molecule has 3 rings (SSSR count). The van der Waals surface area contributed by atoms with E-state index < -0.39 is 0 Å². The van der Waals surface area contributed by atoms with E-state index in [0.717, 1.165) is 16.5 Å². The Balaban J connectivity index is 1.83. The van der Waals surface area contributed by atoms with E-state index in [-0.39, 0.29) is 17.6 Å². The van der Waals surface area contributed by atoms with Crippen LogP contribution in [-0.2, 0) is 11.2 Å². The molecule has 0 fully saturated rings. The number of carbonyl (C=O) groups excluding carboxylic acids is 2. The maximum absolute atomic E-state index is 12.8. The highest BCUT2D eigenvalue weighted by atomic mass is 35.5. The van der Waals surface area contributed by atoms with Crippen LogP contribution in [0, 0.1) is 5.92 Å². The first kappa shape index (κ1) is 19.0. The average molecular weight is 385 g/mol. The van der Waals surface area contributed by atoms with Gasteiger partial charge in [-0.05, 0) is 23.8 Å². The molecular formula is C21H21ClN2O3. The molecule has 1 heterocycles. The molecule has 2 aromatic carbocycles. The van der Waals surface area contributed by atoms with Gasteiger partial charge in [0.15, 0.2) is 0 Å². The van der Waals surface area contributed by atoms with Crippen LogP contribution in [-0.4, -0.2) is 23.5 Å². The molecule has 0 aliphatic heterocycles. The summed E-state index contributed by atoms with van der Waals surface area (Å²) < 4.78 is 1.55. The third-order valence-corrected chi connectivity index (χ3v) is 4.74. The van der Waals surface area contributed by atoms with Crippen LogP contribution < -0.4 is 10.2 Å². The minimum absolute atomic E-state index is 0.0266. The fraction of sp³-hybridized carbons (Fsp3) is 0.238. The second-order valence-electron chi connectivity index (χ2n) is 6.63. The number of aromatic nitrogens is 1.